The van der Waals surface area contributed by atoms with Gasteiger partial charge in [-0.15, -0.1) is 0 Å². The Labute approximate surface area is 155 Å². The molecule has 5 nitrogen and oxygen atoms in total. The first-order valence-corrected chi connectivity index (χ1v) is 8.93. The van der Waals surface area contributed by atoms with E-state index < -0.39 is 12.1 Å². The average molecular weight is 378 g/mol. The van der Waals surface area contributed by atoms with E-state index >= 15 is 0 Å². The number of rotatable bonds is 8. The summed E-state index contributed by atoms with van der Waals surface area (Å²) in [6.07, 6.45) is 5.75. The highest BCUT2D eigenvalue weighted by molar-refractivity contribution is 5.86. The van der Waals surface area contributed by atoms with Crippen LogP contribution in [-0.4, -0.2) is 22.9 Å². The second-order valence-corrected chi connectivity index (χ2v) is 6.46. The molecule has 3 rings (SSSR count). The number of aromatic nitrogens is 2. The van der Waals surface area contributed by atoms with Crippen LogP contribution in [0.4, 0.5) is 13.2 Å². The molecule has 27 heavy (non-hydrogen) atoms. The molecule has 1 aliphatic rings. The van der Waals surface area contributed by atoms with E-state index in [2.05, 4.69) is 19.7 Å². The Morgan fingerprint density at radius 2 is 1.93 bits per heavy atom. The zero-order chi connectivity index (χ0) is 19.3. The van der Waals surface area contributed by atoms with Gasteiger partial charge in [-0.1, -0.05) is 42.6 Å². The van der Waals surface area contributed by atoms with Gasteiger partial charge in [0.1, 0.15) is 0 Å². The molecule has 2 N–H and O–H groups in total. The van der Waals surface area contributed by atoms with Crippen LogP contribution in [0.5, 0.6) is 0 Å². The zero-order valence-corrected chi connectivity index (χ0v) is 14.7. The van der Waals surface area contributed by atoms with Crippen LogP contribution in [0.2, 0.25) is 0 Å². The molecule has 0 amide bonds. The molecular weight excluding hydrogens is 357 g/mol. The number of hydrogen-bond donors (Lipinski definition) is 1. The summed E-state index contributed by atoms with van der Waals surface area (Å²) in [7, 11) is 0. The maximum absolute atomic E-state index is 12.5. The molecule has 2 heterocycles. The van der Waals surface area contributed by atoms with Gasteiger partial charge in [0, 0.05) is 6.21 Å². The van der Waals surface area contributed by atoms with E-state index in [0.29, 0.717) is 0 Å². The largest absolute Gasteiger partial charge is 0.471 e. The summed E-state index contributed by atoms with van der Waals surface area (Å²) in [6, 6.07) is 6.07. The van der Waals surface area contributed by atoms with Gasteiger partial charge < -0.3 is 10.3 Å². The van der Waals surface area contributed by atoms with E-state index in [0.717, 1.165) is 49.8 Å². The summed E-state index contributed by atoms with van der Waals surface area (Å²) in [5.74, 6) is -1.47. The highest BCUT2D eigenvalue weighted by Gasteiger charge is 2.38. The minimum absolute atomic E-state index is 0.119. The van der Waals surface area contributed by atoms with Crippen molar-refractivity contribution in [1.82, 2.24) is 10.1 Å². The fraction of sp³-hybridized carbons (Fsp3) is 0.421. The maximum Gasteiger partial charge on any atom is 0.471 e. The fourth-order valence-corrected chi connectivity index (χ4v) is 3.02. The van der Waals surface area contributed by atoms with Gasteiger partial charge in [0.2, 0.25) is 0 Å². The predicted octanol–water partition coefficient (Wildman–Crippen LogP) is 4.64. The molecule has 0 saturated heterocycles. The van der Waals surface area contributed by atoms with Crippen LogP contribution in [-0.2, 0) is 6.18 Å². The lowest BCUT2D eigenvalue weighted by Crippen LogP contribution is -2.04. The molecule has 0 spiro atoms. The molecule has 1 unspecified atom stereocenters. The normalized spacial score (nSPS) is 16.4. The van der Waals surface area contributed by atoms with Crippen molar-refractivity contribution in [1.29, 1.82) is 0 Å². The molecule has 144 valence electrons. The van der Waals surface area contributed by atoms with Crippen LogP contribution < -0.4 is 5.73 Å². The molecule has 0 saturated carbocycles. The molecule has 0 fully saturated rings. The molecule has 2 aromatic rings. The van der Waals surface area contributed by atoms with Crippen molar-refractivity contribution in [3.63, 3.8) is 0 Å². The summed E-state index contributed by atoms with van der Waals surface area (Å²) >= 11 is 0. The van der Waals surface area contributed by atoms with Gasteiger partial charge in [-0.25, -0.2) is 0 Å². The van der Waals surface area contributed by atoms with Crippen molar-refractivity contribution >= 4 is 18.4 Å². The minimum atomic E-state index is -4.64. The first-order chi connectivity index (χ1) is 13.0. The maximum atomic E-state index is 12.5. The summed E-state index contributed by atoms with van der Waals surface area (Å²) < 4.78 is 41.6. The average Bonchev–Trinajstić information content (AvgIpc) is 3.26. The second-order valence-electron chi connectivity index (χ2n) is 6.46. The van der Waals surface area contributed by atoms with Crippen molar-refractivity contribution in [2.45, 2.75) is 44.3 Å². The Bertz CT molecular complexity index is 827. The van der Waals surface area contributed by atoms with Crippen molar-refractivity contribution in [3.05, 3.63) is 46.6 Å². The summed E-state index contributed by atoms with van der Waals surface area (Å²) in [6.45, 7) is 0.738. The van der Waals surface area contributed by atoms with Crippen molar-refractivity contribution in [3.8, 4) is 0 Å². The SMILES string of the molecule is NCCCCCCC1N=Cc2cc(C=Cc3noc(C(F)(F)F)n3)ccc21. The van der Waals surface area contributed by atoms with Crippen molar-refractivity contribution < 1.29 is 17.7 Å². The van der Waals surface area contributed by atoms with Gasteiger partial charge in [0.05, 0.1) is 6.04 Å². The van der Waals surface area contributed by atoms with Crippen LogP contribution in [0.15, 0.2) is 27.7 Å². The molecule has 1 aromatic heterocycles. The Balaban J connectivity index is 1.60. The number of unbranched alkanes of at least 4 members (excludes halogenated alkanes) is 3. The summed E-state index contributed by atoms with van der Waals surface area (Å²) in [5.41, 5.74) is 8.56. The van der Waals surface area contributed by atoms with Crippen LogP contribution in [0.25, 0.3) is 12.2 Å². The van der Waals surface area contributed by atoms with Crippen LogP contribution >= 0.6 is 0 Å². The number of benzene rings is 1. The molecular formula is C19H21F3N4O. The van der Waals surface area contributed by atoms with Gasteiger partial charge in [0.25, 0.3) is 0 Å². The Hall–Kier alpha value is -2.48. The lowest BCUT2D eigenvalue weighted by Gasteiger charge is -2.10. The number of nitrogens with two attached hydrogens (primary N) is 1. The molecule has 1 atom stereocenters. The first kappa shape index (κ1) is 19.3. The second kappa shape index (κ2) is 8.47. The molecule has 8 heteroatoms. The van der Waals surface area contributed by atoms with E-state index in [9.17, 15) is 13.2 Å². The number of halogens is 3. The standard InChI is InChI=1S/C19H21F3N4O/c20-19(21,22)18-25-17(26-27-18)9-7-13-6-8-15-14(11-13)12-24-16(15)5-3-1-2-4-10-23/h6-9,11-12,16H,1-5,10,23H2. The fourth-order valence-electron chi connectivity index (χ4n) is 3.02. The third-order valence-electron chi connectivity index (χ3n) is 4.40. The highest BCUT2D eigenvalue weighted by Crippen LogP contribution is 2.32. The number of fused-ring (bicyclic) bond motifs is 1. The number of nitrogens with zero attached hydrogens (tertiary/aromatic N) is 3. The van der Waals surface area contributed by atoms with Gasteiger partial charge in [-0.2, -0.15) is 18.2 Å². The minimum Gasteiger partial charge on any atom is -0.330 e. The van der Waals surface area contributed by atoms with E-state index in [1.807, 2.05) is 24.4 Å². The first-order valence-electron chi connectivity index (χ1n) is 8.93. The smallest absolute Gasteiger partial charge is 0.330 e. The van der Waals surface area contributed by atoms with Crippen molar-refractivity contribution in [2.24, 2.45) is 10.7 Å². The number of hydrogen-bond acceptors (Lipinski definition) is 5. The zero-order valence-electron chi connectivity index (χ0n) is 14.7. The number of aliphatic imine (C=N–C) groups is 1. The lowest BCUT2D eigenvalue weighted by atomic mass is 9.97. The third-order valence-corrected chi connectivity index (χ3v) is 4.40. The van der Waals surface area contributed by atoms with E-state index in [1.54, 1.807) is 6.08 Å². The summed E-state index contributed by atoms with van der Waals surface area (Å²) in [5, 5.41) is 3.31. The van der Waals surface area contributed by atoms with Crippen LogP contribution in [0.1, 0.15) is 66.6 Å². The van der Waals surface area contributed by atoms with Crippen molar-refractivity contribution in [2.75, 3.05) is 6.54 Å². The van der Waals surface area contributed by atoms with Gasteiger partial charge >= 0.3 is 12.1 Å². The van der Waals surface area contributed by atoms with E-state index in [-0.39, 0.29) is 11.9 Å². The van der Waals surface area contributed by atoms with Gasteiger partial charge in [-0.05, 0) is 48.2 Å². The van der Waals surface area contributed by atoms with Gasteiger partial charge in [0.15, 0.2) is 5.82 Å². The summed E-state index contributed by atoms with van der Waals surface area (Å²) in [4.78, 5) is 7.89. The van der Waals surface area contributed by atoms with Crippen LogP contribution in [0, 0.1) is 0 Å². The Kier molecular flexibility index (Phi) is 6.05. The molecule has 0 radical (unpaired) electrons. The quantitative estimate of drug-likeness (QED) is 0.679. The topological polar surface area (TPSA) is 77.3 Å². The Morgan fingerprint density at radius 3 is 2.67 bits per heavy atom. The monoisotopic (exact) mass is 378 g/mol. The molecule has 0 bridgehead atoms. The highest BCUT2D eigenvalue weighted by atomic mass is 19.4. The molecule has 1 aliphatic heterocycles. The number of alkyl halides is 3. The van der Waals surface area contributed by atoms with E-state index in [1.165, 1.54) is 11.6 Å². The van der Waals surface area contributed by atoms with E-state index in [4.69, 9.17) is 5.73 Å². The predicted molar refractivity (Wildman–Crippen MR) is 97.1 cm³/mol. The van der Waals surface area contributed by atoms with Crippen LogP contribution in [0.3, 0.4) is 0 Å². The van der Waals surface area contributed by atoms with Gasteiger partial charge in [-0.3, -0.25) is 4.99 Å². The third kappa shape index (κ3) is 5.03. The lowest BCUT2D eigenvalue weighted by molar-refractivity contribution is -0.159. The Morgan fingerprint density at radius 1 is 1.11 bits per heavy atom. The molecule has 1 aromatic carbocycles. The molecule has 0 aliphatic carbocycles.